The summed E-state index contributed by atoms with van der Waals surface area (Å²) in [6, 6.07) is 0. The molecule has 1 aliphatic heterocycles. The number of hydrogen-bond acceptors (Lipinski definition) is 3. The van der Waals surface area contributed by atoms with E-state index in [1.54, 1.807) is 0 Å². The Labute approximate surface area is 116 Å². The van der Waals surface area contributed by atoms with E-state index < -0.39 is 0 Å². The molecule has 0 aromatic heterocycles. The quantitative estimate of drug-likeness (QED) is 0.477. The molecule has 0 aromatic rings. The Morgan fingerprint density at radius 2 is 2.32 bits per heavy atom. The summed E-state index contributed by atoms with van der Waals surface area (Å²) in [6.45, 7) is 9.58. The number of hydrogen-bond donors (Lipinski definition) is 1. The minimum absolute atomic E-state index is 0.194. The molecule has 5 heteroatoms. The zero-order chi connectivity index (χ0) is 14.3. The molecule has 0 aromatic carbocycles. The number of guanidine groups is 1. The number of carbonyl (C=O) groups excluding carboxylic acids is 1. The van der Waals surface area contributed by atoms with Crippen molar-refractivity contribution in [3.05, 3.63) is 0 Å². The van der Waals surface area contributed by atoms with Crippen LogP contribution in [0.1, 0.15) is 33.6 Å². The maximum absolute atomic E-state index is 11.4. The lowest BCUT2D eigenvalue weighted by Gasteiger charge is -2.33. The van der Waals surface area contributed by atoms with Crippen LogP contribution in [0, 0.1) is 11.8 Å². The van der Waals surface area contributed by atoms with Gasteiger partial charge in [0.25, 0.3) is 0 Å². The Kier molecular flexibility index (Phi) is 6.67. The zero-order valence-corrected chi connectivity index (χ0v) is 12.6. The highest BCUT2D eigenvalue weighted by Gasteiger charge is 2.20. The molecule has 0 spiro atoms. The molecular weight excluding hydrogens is 242 g/mol. The molecule has 0 aliphatic carbocycles. The van der Waals surface area contributed by atoms with Gasteiger partial charge in [0.1, 0.15) is 0 Å². The number of rotatable bonds is 4. The number of nitrogens with zero attached hydrogens (tertiary/aromatic N) is 2. The molecule has 0 radical (unpaired) electrons. The normalized spacial score (nSPS) is 22.0. The lowest BCUT2D eigenvalue weighted by molar-refractivity contribution is -0.144. The third-order valence-electron chi connectivity index (χ3n) is 3.41. The highest BCUT2D eigenvalue weighted by molar-refractivity contribution is 5.80. The van der Waals surface area contributed by atoms with E-state index in [9.17, 15) is 4.79 Å². The molecule has 0 bridgehead atoms. The van der Waals surface area contributed by atoms with Crippen LogP contribution in [0.15, 0.2) is 4.99 Å². The Morgan fingerprint density at radius 1 is 1.58 bits per heavy atom. The van der Waals surface area contributed by atoms with Gasteiger partial charge in [-0.3, -0.25) is 9.79 Å². The molecule has 1 fully saturated rings. The summed E-state index contributed by atoms with van der Waals surface area (Å²) >= 11 is 0. The summed E-state index contributed by atoms with van der Waals surface area (Å²) in [5, 5.41) is 3.31. The molecule has 1 rings (SSSR count). The van der Waals surface area contributed by atoms with Gasteiger partial charge in [-0.1, -0.05) is 13.8 Å². The summed E-state index contributed by atoms with van der Waals surface area (Å²) in [6.07, 6.45) is 2.49. The number of carbonyl (C=O) groups is 1. The van der Waals surface area contributed by atoms with Crippen LogP contribution >= 0.6 is 0 Å². The first-order chi connectivity index (χ1) is 9.08. The standard InChI is InChI=1S/C14H27N3O2/c1-5-15-14(16-9-12(3)13(18)19-4)17-8-6-7-11(2)10-17/h11-12H,5-10H2,1-4H3,(H,15,16). The van der Waals surface area contributed by atoms with E-state index in [0.29, 0.717) is 12.5 Å². The van der Waals surface area contributed by atoms with Gasteiger partial charge < -0.3 is 15.0 Å². The maximum atomic E-state index is 11.4. The van der Waals surface area contributed by atoms with E-state index in [2.05, 4.69) is 29.1 Å². The average Bonchev–Trinajstić information content (AvgIpc) is 2.42. The molecule has 1 heterocycles. The van der Waals surface area contributed by atoms with Crippen LogP contribution in [0.5, 0.6) is 0 Å². The van der Waals surface area contributed by atoms with Crippen LogP contribution in [0.25, 0.3) is 0 Å². The predicted molar refractivity (Wildman–Crippen MR) is 77.1 cm³/mol. The molecule has 1 saturated heterocycles. The number of aliphatic imine (C=N–C) groups is 1. The van der Waals surface area contributed by atoms with Crippen LogP contribution in [-0.2, 0) is 9.53 Å². The Morgan fingerprint density at radius 3 is 2.89 bits per heavy atom. The largest absolute Gasteiger partial charge is 0.469 e. The molecule has 0 amide bonds. The molecule has 1 N–H and O–H groups in total. The van der Waals surface area contributed by atoms with Gasteiger partial charge in [-0.25, -0.2) is 0 Å². The van der Waals surface area contributed by atoms with Gasteiger partial charge in [0, 0.05) is 19.6 Å². The molecule has 2 atom stereocenters. The highest BCUT2D eigenvalue weighted by atomic mass is 16.5. The van der Waals surface area contributed by atoms with E-state index in [-0.39, 0.29) is 11.9 Å². The molecule has 110 valence electrons. The van der Waals surface area contributed by atoms with Gasteiger partial charge >= 0.3 is 5.97 Å². The van der Waals surface area contributed by atoms with Gasteiger partial charge in [-0.15, -0.1) is 0 Å². The van der Waals surface area contributed by atoms with Crippen LogP contribution in [0.4, 0.5) is 0 Å². The van der Waals surface area contributed by atoms with E-state index in [1.165, 1.54) is 20.0 Å². The first-order valence-corrected chi connectivity index (χ1v) is 7.19. The third kappa shape index (κ3) is 5.09. The zero-order valence-electron chi connectivity index (χ0n) is 12.6. The molecule has 0 saturated carbocycles. The fraction of sp³-hybridized carbons (Fsp3) is 0.857. The second kappa shape index (κ2) is 8.02. The number of piperidine rings is 1. The fourth-order valence-corrected chi connectivity index (χ4v) is 2.31. The summed E-state index contributed by atoms with van der Waals surface area (Å²) in [5.41, 5.74) is 0. The summed E-state index contributed by atoms with van der Waals surface area (Å²) in [4.78, 5) is 18.2. The first kappa shape index (κ1) is 15.8. The van der Waals surface area contributed by atoms with Gasteiger partial charge in [0.15, 0.2) is 5.96 Å². The van der Waals surface area contributed by atoms with Crippen LogP contribution < -0.4 is 5.32 Å². The van der Waals surface area contributed by atoms with E-state index in [1.807, 2.05) is 6.92 Å². The molecular formula is C14H27N3O2. The van der Waals surface area contributed by atoms with Crippen molar-refractivity contribution < 1.29 is 9.53 Å². The van der Waals surface area contributed by atoms with Crippen molar-refractivity contribution in [1.82, 2.24) is 10.2 Å². The maximum Gasteiger partial charge on any atom is 0.310 e. The lowest BCUT2D eigenvalue weighted by Crippen LogP contribution is -2.46. The summed E-state index contributed by atoms with van der Waals surface area (Å²) in [7, 11) is 1.42. The Bertz CT molecular complexity index is 318. The van der Waals surface area contributed by atoms with E-state index in [0.717, 1.165) is 25.6 Å². The predicted octanol–water partition coefficient (Wildman–Crippen LogP) is 1.49. The summed E-state index contributed by atoms with van der Waals surface area (Å²) < 4.78 is 4.72. The minimum Gasteiger partial charge on any atom is -0.469 e. The smallest absolute Gasteiger partial charge is 0.310 e. The van der Waals surface area contributed by atoms with Gasteiger partial charge in [0.2, 0.25) is 0 Å². The molecule has 2 unspecified atom stereocenters. The second-order valence-electron chi connectivity index (χ2n) is 5.31. The SMILES string of the molecule is CCNC(=NCC(C)C(=O)OC)N1CCCC(C)C1. The van der Waals surface area contributed by atoms with E-state index >= 15 is 0 Å². The molecule has 1 aliphatic rings. The van der Waals surface area contributed by atoms with Crippen molar-refractivity contribution in [2.24, 2.45) is 16.8 Å². The van der Waals surface area contributed by atoms with Gasteiger partial charge in [-0.05, 0) is 25.7 Å². The van der Waals surface area contributed by atoms with E-state index in [4.69, 9.17) is 4.74 Å². The average molecular weight is 269 g/mol. The number of esters is 1. The topological polar surface area (TPSA) is 53.9 Å². The number of methoxy groups -OCH3 is 1. The number of likely N-dealkylation sites (tertiary alicyclic amines) is 1. The van der Waals surface area contributed by atoms with Crippen molar-refractivity contribution in [2.45, 2.75) is 33.6 Å². The lowest BCUT2D eigenvalue weighted by atomic mass is 10.0. The molecule has 5 nitrogen and oxygen atoms in total. The van der Waals surface area contributed by atoms with Crippen molar-refractivity contribution in [1.29, 1.82) is 0 Å². The first-order valence-electron chi connectivity index (χ1n) is 7.19. The van der Waals surface area contributed by atoms with Gasteiger partial charge in [0.05, 0.1) is 19.6 Å². The fourth-order valence-electron chi connectivity index (χ4n) is 2.31. The number of nitrogens with one attached hydrogen (secondary N) is 1. The Balaban J connectivity index is 2.62. The Hall–Kier alpha value is -1.26. The van der Waals surface area contributed by atoms with Gasteiger partial charge in [-0.2, -0.15) is 0 Å². The van der Waals surface area contributed by atoms with Crippen LogP contribution in [0.3, 0.4) is 0 Å². The number of ether oxygens (including phenoxy) is 1. The minimum atomic E-state index is -0.202. The third-order valence-corrected chi connectivity index (χ3v) is 3.41. The van der Waals surface area contributed by atoms with Crippen molar-refractivity contribution in [3.8, 4) is 0 Å². The van der Waals surface area contributed by atoms with Crippen molar-refractivity contribution in [3.63, 3.8) is 0 Å². The highest BCUT2D eigenvalue weighted by Crippen LogP contribution is 2.15. The van der Waals surface area contributed by atoms with Crippen molar-refractivity contribution in [2.75, 3.05) is 33.3 Å². The second-order valence-corrected chi connectivity index (χ2v) is 5.31. The molecule has 19 heavy (non-hydrogen) atoms. The van der Waals surface area contributed by atoms with Crippen molar-refractivity contribution >= 4 is 11.9 Å². The van der Waals surface area contributed by atoms with Crippen LogP contribution in [0.2, 0.25) is 0 Å². The summed E-state index contributed by atoms with van der Waals surface area (Å²) in [5.74, 6) is 1.23. The van der Waals surface area contributed by atoms with Crippen LogP contribution in [-0.4, -0.2) is 50.1 Å². The monoisotopic (exact) mass is 269 g/mol.